The molecule has 2 atom stereocenters. The molecule has 2 aliphatic rings. The van der Waals surface area contributed by atoms with Crippen LogP contribution >= 0.6 is 0 Å². The zero-order valence-corrected chi connectivity index (χ0v) is 16.9. The summed E-state index contributed by atoms with van der Waals surface area (Å²) in [5.41, 5.74) is 0. The van der Waals surface area contributed by atoms with Crippen molar-refractivity contribution in [2.45, 2.75) is 43.5 Å². The van der Waals surface area contributed by atoms with Gasteiger partial charge < -0.3 is 14.8 Å². The van der Waals surface area contributed by atoms with Crippen LogP contribution in [0.4, 0.5) is 0 Å². The standard InChI is InChI=1S/C18H28N4O4S/c1-13-6-4-5-7-15(13)22-11-19-18(20-12-22)21-27(23,24)14-8-9-16(25-2)17(10-14)26-3/h8-10,13,15H,4-7,11-12H2,1-3H3,(H2,19,20,21)/t13-,15+/m0/s1. The molecular weight excluding hydrogens is 368 g/mol. The molecule has 150 valence electrons. The summed E-state index contributed by atoms with van der Waals surface area (Å²) in [7, 11) is -0.797. The first-order valence-corrected chi connectivity index (χ1v) is 10.7. The van der Waals surface area contributed by atoms with Crippen molar-refractivity contribution in [3.63, 3.8) is 0 Å². The first-order valence-electron chi connectivity index (χ1n) is 9.22. The number of hydrogen-bond acceptors (Lipinski definition) is 7. The Bertz CT molecular complexity index is 797. The Hall–Kier alpha value is -2.00. The van der Waals surface area contributed by atoms with Gasteiger partial charge in [0.05, 0.1) is 32.5 Å². The highest BCUT2D eigenvalue weighted by Crippen LogP contribution is 2.30. The van der Waals surface area contributed by atoms with Gasteiger partial charge in [-0.05, 0) is 30.9 Å². The predicted octanol–water partition coefficient (Wildman–Crippen LogP) is 1.74. The van der Waals surface area contributed by atoms with Crippen LogP contribution in [0.1, 0.15) is 32.6 Å². The Morgan fingerprint density at radius 3 is 2.56 bits per heavy atom. The Morgan fingerprint density at radius 2 is 1.93 bits per heavy atom. The van der Waals surface area contributed by atoms with E-state index < -0.39 is 10.0 Å². The van der Waals surface area contributed by atoms with E-state index in [-0.39, 0.29) is 10.9 Å². The van der Waals surface area contributed by atoms with Gasteiger partial charge in [-0.25, -0.2) is 18.1 Å². The van der Waals surface area contributed by atoms with Gasteiger partial charge in [-0.1, -0.05) is 19.8 Å². The molecule has 8 nitrogen and oxygen atoms in total. The number of hydrogen-bond donors (Lipinski definition) is 2. The van der Waals surface area contributed by atoms with Crippen LogP contribution in [0, 0.1) is 5.92 Å². The third-order valence-corrected chi connectivity index (χ3v) is 6.63. The van der Waals surface area contributed by atoms with E-state index in [0.717, 1.165) is 0 Å². The molecule has 0 saturated heterocycles. The first-order chi connectivity index (χ1) is 12.9. The molecule has 0 bridgehead atoms. The van der Waals surface area contributed by atoms with Gasteiger partial charge >= 0.3 is 0 Å². The fraction of sp³-hybridized carbons (Fsp3) is 0.611. The minimum absolute atomic E-state index is 0.0907. The third kappa shape index (κ3) is 4.47. The highest BCUT2D eigenvalue weighted by Gasteiger charge is 2.29. The molecule has 9 heteroatoms. The molecule has 2 N–H and O–H groups in total. The second-order valence-corrected chi connectivity index (χ2v) is 8.71. The Labute approximate surface area is 161 Å². The highest BCUT2D eigenvalue weighted by atomic mass is 32.2. The van der Waals surface area contributed by atoms with E-state index in [0.29, 0.717) is 36.8 Å². The van der Waals surface area contributed by atoms with Crippen molar-refractivity contribution in [3.05, 3.63) is 18.2 Å². The molecule has 1 aliphatic heterocycles. The maximum atomic E-state index is 12.7. The monoisotopic (exact) mass is 396 g/mol. The molecule has 1 aromatic carbocycles. The van der Waals surface area contributed by atoms with E-state index in [1.54, 1.807) is 6.07 Å². The van der Waals surface area contributed by atoms with Gasteiger partial charge in [0.15, 0.2) is 11.5 Å². The summed E-state index contributed by atoms with van der Waals surface area (Å²) >= 11 is 0. The zero-order valence-electron chi connectivity index (χ0n) is 16.1. The second kappa shape index (κ2) is 8.35. The summed E-state index contributed by atoms with van der Waals surface area (Å²) in [6.45, 7) is 3.36. The van der Waals surface area contributed by atoms with Gasteiger partial charge in [0.1, 0.15) is 0 Å². The van der Waals surface area contributed by atoms with Crippen LogP contribution in [0.25, 0.3) is 0 Å². The summed E-state index contributed by atoms with van der Waals surface area (Å²) < 4.78 is 38.2. The quantitative estimate of drug-likeness (QED) is 0.788. The largest absolute Gasteiger partial charge is 0.493 e. The van der Waals surface area contributed by atoms with Crippen LogP contribution < -0.4 is 19.5 Å². The van der Waals surface area contributed by atoms with Crippen LogP contribution in [0.15, 0.2) is 28.1 Å². The van der Waals surface area contributed by atoms with Crippen molar-refractivity contribution in [2.75, 3.05) is 27.6 Å². The van der Waals surface area contributed by atoms with E-state index in [9.17, 15) is 8.42 Å². The Kier molecular flexibility index (Phi) is 6.11. The number of aliphatic imine (C=N–C) groups is 1. The SMILES string of the molecule is COc1ccc(S(=O)(=O)NC2=NCN([C@@H]3CCCC[C@@H]3C)CN2)cc1OC. The summed E-state index contributed by atoms with van der Waals surface area (Å²) in [6.07, 6.45) is 4.95. The molecule has 0 aromatic heterocycles. The molecule has 3 rings (SSSR count). The van der Waals surface area contributed by atoms with Gasteiger partial charge in [-0.3, -0.25) is 4.90 Å². The molecule has 1 heterocycles. The Balaban J connectivity index is 1.68. The van der Waals surface area contributed by atoms with Crippen molar-refractivity contribution in [1.29, 1.82) is 0 Å². The van der Waals surface area contributed by atoms with Crippen molar-refractivity contribution in [3.8, 4) is 11.5 Å². The van der Waals surface area contributed by atoms with Crippen molar-refractivity contribution in [2.24, 2.45) is 10.9 Å². The molecule has 0 amide bonds. The first kappa shape index (κ1) is 19.8. The molecule has 1 aromatic rings. The summed E-state index contributed by atoms with van der Waals surface area (Å²) in [6, 6.07) is 4.97. The van der Waals surface area contributed by atoms with Crippen LogP contribution in [0.5, 0.6) is 11.5 Å². The lowest BCUT2D eigenvalue weighted by Gasteiger charge is -2.39. The normalized spacial score (nSPS) is 23.9. The van der Waals surface area contributed by atoms with Crippen LogP contribution in [-0.4, -0.2) is 52.9 Å². The molecule has 1 aliphatic carbocycles. The molecule has 0 radical (unpaired) electrons. The molecular formula is C18H28N4O4S. The van der Waals surface area contributed by atoms with Gasteiger partial charge in [0, 0.05) is 12.1 Å². The predicted molar refractivity (Wildman–Crippen MR) is 103 cm³/mol. The molecule has 0 unspecified atom stereocenters. The van der Waals surface area contributed by atoms with Gasteiger partial charge in [0.2, 0.25) is 5.96 Å². The van der Waals surface area contributed by atoms with E-state index in [1.807, 2.05) is 0 Å². The number of sulfonamides is 1. The fourth-order valence-electron chi connectivity index (χ4n) is 3.74. The number of ether oxygens (including phenoxy) is 2. The van der Waals surface area contributed by atoms with Gasteiger partial charge in [-0.2, -0.15) is 0 Å². The summed E-state index contributed by atoms with van der Waals surface area (Å²) in [5, 5.41) is 3.09. The minimum Gasteiger partial charge on any atom is -0.493 e. The van der Waals surface area contributed by atoms with Gasteiger partial charge in [-0.15, -0.1) is 0 Å². The topological polar surface area (TPSA) is 92.3 Å². The van der Waals surface area contributed by atoms with Crippen molar-refractivity contribution >= 4 is 16.0 Å². The summed E-state index contributed by atoms with van der Waals surface area (Å²) in [4.78, 5) is 6.76. The molecule has 27 heavy (non-hydrogen) atoms. The number of rotatable bonds is 5. The van der Waals surface area contributed by atoms with Crippen LogP contribution in [0.2, 0.25) is 0 Å². The molecule has 0 spiro atoms. The smallest absolute Gasteiger partial charge is 0.264 e. The number of guanidine groups is 1. The lowest BCUT2D eigenvalue weighted by Crippen LogP contribution is -2.54. The highest BCUT2D eigenvalue weighted by molar-refractivity contribution is 7.90. The maximum Gasteiger partial charge on any atom is 0.264 e. The number of benzene rings is 1. The zero-order chi connectivity index (χ0) is 19.4. The average molecular weight is 397 g/mol. The van der Waals surface area contributed by atoms with Crippen LogP contribution in [-0.2, 0) is 10.0 Å². The fourth-order valence-corrected chi connectivity index (χ4v) is 4.76. The lowest BCUT2D eigenvalue weighted by atomic mass is 9.85. The van der Waals surface area contributed by atoms with Gasteiger partial charge in [0.25, 0.3) is 10.0 Å². The minimum atomic E-state index is -3.77. The van der Waals surface area contributed by atoms with Crippen molar-refractivity contribution in [1.82, 2.24) is 14.9 Å². The Morgan fingerprint density at radius 1 is 1.19 bits per heavy atom. The number of methoxy groups -OCH3 is 2. The van der Waals surface area contributed by atoms with E-state index in [1.165, 1.54) is 52.0 Å². The van der Waals surface area contributed by atoms with E-state index in [4.69, 9.17) is 9.47 Å². The average Bonchev–Trinajstić information content (AvgIpc) is 2.68. The number of nitrogens with one attached hydrogen (secondary N) is 2. The van der Waals surface area contributed by atoms with Crippen LogP contribution in [0.3, 0.4) is 0 Å². The van der Waals surface area contributed by atoms with Crippen molar-refractivity contribution < 1.29 is 17.9 Å². The molecule has 1 saturated carbocycles. The number of nitrogens with zero attached hydrogens (tertiary/aromatic N) is 2. The second-order valence-electron chi connectivity index (χ2n) is 7.02. The van der Waals surface area contributed by atoms with E-state index >= 15 is 0 Å². The molecule has 1 fully saturated rings. The van der Waals surface area contributed by atoms with E-state index in [2.05, 4.69) is 26.9 Å². The lowest BCUT2D eigenvalue weighted by molar-refractivity contribution is 0.106. The maximum absolute atomic E-state index is 12.7. The third-order valence-electron chi connectivity index (χ3n) is 5.29. The summed E-state index contributed by atoms with van der Waals surface area (Å²) in [5.74, 6) is 1.74.